The molecule has 113 heavy (non-hydrogen) atoms. The lowest BCUT2D eigenvalue weighted by Gasteiger charge is -2.10. The third-order valence-corrected chi connectivity index (χ3v) is 11.0. The number of oxime groups is 1. The number of aliphatic imine (C=N–C) groups is 4. The second-order valence-corrected chi connectivity index (χ2v) is 17.1. The molecule has 18 nitrogen and oxygen atoms in total. The number of piperidine rings is 1. The number of hydrogen-bond donors (Lipinski definition) is 5. The standard InChI is InChI=1S/C5H11N.C5H10S.C4H9NO.C4H7N.2C4H8O2.2C3H6N2.2C3H5NO.2C3H5NS.24C2H6/c2*1-2-4-6-5-3-1;1-3-6-4-2-5-1;1-2-4-5-3-1;1-2-6-4-3-5-1;1-2-5-4-6-3-1;1-2-5-3-4-1;1-2-4-5-3-1;1-2-5-3-4-1;1-2-4-5-3-1;1-2-5-3-4-1;1-2-4-5-3-1;24*1-2/h6H,1-5H2;1-5H2;5H,1-4H2;3H,1-2,4H2;2*1-4H2;3H,1-2H2,(H,4,5);1-2,4-5H,3H2;3H,1-2H2;2H,1,3H2;3H,1-2H2;2H,1,3H2;24*1-2H3. The molecule has 0 aromatic rings. The number of nitrogens with one attached hydrogen (secondary N) is 5. The maximum absolute atomic E-state index is 5.01. The fraction of sp³-hybridized carbons (Fsp3) is 0.913. The summed E-state index contributed by atoms with van der Waals surface area (Å²) in [6, 6.07) is 0. The number of nitrogens with zero attached hydrogens (tertiary/aromatic N) is 6. The highest BCUT2D eigenvalue weighted by Gasteiger charge is 1.98. The number of hydrazine groups is 1. The van der Waals surface area contributed by atoms with Gasteiger partial charge in [0.1, 0.15) is 20.0 Å². The van der Waals surface area contributed by atoms with Crippen molar-refractivity contribution in [1.82, 2.24) is 26.8 Å². The van der Waals surface area contributed by atoms with Gasteiger partial charge in [-0.15, -0.1) is 11.8 Å². The van der Waals surface area contributed by atoms with E-state index in [0.717, 1.165) is 131 Å². The Bertz CT molecular complexity index is 839. The summed E-state index contributed by atoms with van der Waals surface area (Å²) >= 11 is 5.52. The van der Waals surface area contributed by atoms with Gasteiger partial charge in [0.2, 0.25) is 0 Å². The summed E-state index contributed by atoms with van der Waals surface area (Å²) < 4.78 is 33.1. The average molecular weight is 1700 g/mol. The minimum atomic E-state index is 0.500. The van der Waals surface area contributed by atoms with Gasteiger partial charge in [0.25, 0.3) is 0 Å². The molecule has 0 atom stereocenters. The SMILES string of the molecule is C1=CNNC1.C1=NCCC1.C1=NCCN1.C1=NCCO1.C1=NCCS1.C1=NOCC1.C1=NSCC1.C1CCNCC1.C1CCSCC1.C1COCCN1.C1COCCO1.C1COCOC1.CC.CC.CC.CC.CC.CC.CC.CC.CC.CC.CC.CC.CC.CC.CC.CC.CC.CC.CC.CC.CC.CC.CC.CC. The van der Waals surface area contributed by atoms with E-state index < -0.39 is 0 Å². The van der Waals surface area contributed by atoms with Crippen LogP contribution in [0.1, 0.15) is 403 Å². The Balaban J connectivity index is -0.0000000332. The largest absolute Gasteiger partial charge is 0.482 e. The number of hydrogen-bond acceptors (Lipinski definition) is 21. The third-order valence-electron chi connectivity index (χ3n) is 8.41. The molecule has 0 radical (unpaired) electrons. The van der Waals surface area contributed by atoms with E-state index in [2.05, 4.69) is 77.7 Å². The predicted octanol–water partition coefficient (Wildman–Crippen LogP) is 29.7. The van der Waals surface area contributed by atoms with E-state index >= 15 is 0 Å². The Hall–Kier alpha value is -2.31. The van der Waals surface area contributed by atoms with Gasteiger partial charge in [-0.05, 0) is 94.1 Å². The van der Waals surface area contributed by atoms with Crippen molar-refractivity contribution >= 4 is 72.4 Å². The van der Waals surface area contributed by atoms with Crippen LogP contribution in [-0.2, 0) is 33.3 Å². The second kappa shape index (κ2) is 330. The molecule has 0 bridgehead atoms. The Morgan fingerprint density at radius 1 is 0.310 bits per heavy atom. The Morgan fingerprint density at radius 2 is 0.752 bits per heavy atom. The highest BCUT2D eigenvalue weighted by atomic mass is 32.2. The lowest BCUT2D eigenvalue weighted by atomic mass is 10.2. The van der Waals surface area contributed by atoms with Gasteiger partial charge in [0, 0.05) is 75.8 Å². The van der Waals surface area contributed by atoms with E-state index in [0.29, 0.717) is 6.79 Å². The lowest BCUT2D eigenvalue weighted by Crippen LogP contribution is -2.30. The summed E-state index contributed by atoms with van der Waals surface area (Å²) in [5, 5.41) is 12.8. The monoisotopic (exact) mass is 1700 g/mol. The summed E-state index contributed by atoms with van der Waals surface area (Å²) in [6.45, 7) is 115. The summed E-state index contributed by atoms with van der Waals surface area (Å²) in [5.41, 5.74) is 7.56. The van der Waals surface area contributed by atoms with Gasteiger partial charge in [0.05, 0.1) is 77.8 Å². The van der Waals surface area contributed by atoms with Crippen LogP contribution < -0.4 is 26.8 Å². The zero-order chi connectivity index (χ0) is 94.0. The van der Waals surface area contributed by atoms with Crippen molar-refractivity contribution in [3.8, 4) is 0 Å². The first kappa shape index (κ1) is 177. The van der Waals surface area contributed by atoms with E-state index in [1.54, 1.807) is 36.3 Å². The molecular formula is C92H229N11O7S3. The molecular weight excluding hydrogens is 1470 g/mol. The summed E-state index contributed by atoms with van der Waals surface area (Å²) in [4.78, 5) is 20.0. The molecule has 0 unspecified atom stereocenters. The Kier molecular flexibility index (Phi) is 517. The summed E-state index contributed by atoms with van der Waals surface area (Å²) in [5.74, 6) is 5.22. The zero-order valence-corrected chi connectivity index (χ0v) is 89.8. The molecule has 0 aromatic carbocycles. The van der Waals surface area contributed by atoms with E-state index in [9.17, 15) is 0 Å². The number of ether oxygens (including phenoxy) is 6. The van der Waals surface area contributed by atoms with Crippen molar-refractivity contribution in [3.63, 3.8) is 0 Å². The van der Waals surface area contributed by atoms with Crippen molar-refractivity contribution in [2.45, 2.75) is 403 Å². The molecule has 5 N–H and O–H groups in total. The number of morpholine rings is 1. The maximum Gasteiger partial charge on any atom is 0.169 e. The molecule has 0 aliphatic carbocycles. The van der Waals surface area contributed by atoms with E-state index in [1.807, 2.05) is 363 Å². The Morgan fingerprint density at radius 3 is 0.858 bits per heavy atom. The Labute approximate surface area is 734 Å². The van der Waals surface area contributed by atoms with Gasteiger partial charge in [-0.3, -0.25) is 20.0 Å². The van der Waals surface area contributed by atoms with Gasteiger partial charge >= 0.3 is 0 Å². The van der Waals surface area contributed by atoms with Crippen LogP contribution in [-0.4, -0.2) is 198 Å². The van der Waals surface area contributed by atoms with Crippen LogP contribution in [0, 0.1) is 0 Å². The van der Waals surface area contributed by atoms with Crippen LogP contribution in [0.25, 0.3) is 0 Å². The summed E-state index contributed by atoms with van der Waals surface area (Å²) in [7, 11) is 0. The molecule has 21 heteroatoms. The van der Waals surface area contributed by atoms with Crippen LogP contribution in [0.2, 0.25) is 0 Å². The number of thioether (sulfide) groups is 2. The third kappa shape index (κ3) is 324. The van der Waals surface area contributed by atoms with Gasteiger partial charge in [-0.1, -0.05) is 356 Å². The highest BCUT2D eigenvalue weighted by molar-refractivity contribution is 8.12. The van der Waals surface area contributed by atoms with Gasteiger partial charge < -0.3 is 54.6 Å². The van der Waals surface area contributed by atoms with Crippen molar-refractivity contribution < 1.29 is 33.3 Å². The minimum Gasteiger partial charge on any atom is -0.482 e. The van der Waals surface area contributed by atoms with Crippen LogP contribution in [0.3, 0.4) is 0 Å². The van der Waals surface area contributed by atoms with Gasteiger partial charge in [-0.2, -0.15) is 11.8 Å². The first-order chi connectivity index (χ1) is 56.5. The van der Waals surface area contributed by atoms with Gasteiger partial charge in [0.15, 0.2) is 6.40 Å². The molecule has 0 spiro atoms. The van der Waals surface area contributed by atoms with Crippen molar-refractivity contribution in [1.29, 1.82) is 0 Å². The van der Waals surface area contributed by atoms with Crippen LogP contribution in [0.4, 0.5) is 0 Å². The fourth-order valence-electron chi connectivity index (χ4n) is 5.01. The second-order valence-electron chi connectivity index (χ2n) is 14.1. The molecule has 12 rings (SSSR count). The average Bonchev–Trinajstić information content (AvgIpc) is 2.51. The normalized spacial score (nSPS) is 13.8. The van der Waals surface area contributed by atoms with Crippen molar-refractivity contribution in [3.05, 3.63) is 12.3 Å². The lowest BCUT2D eigenvalue weighted by molar-refractivity contribution is -0.0963. The predicted molar refractivity (Wildman–Crippen MR) is 551 cm³/mol. The number of rotatable bonds is 0. The molecule has 0 amide bonds. The fourth-order valence-corrected chi connectivity index (χ4v) is 7.09. The molecule has 712 valence electrons. The van der Waals surface area contributed by atoms with E-state index in [4.69, 9.17) is 23.7 Å². The molecule has 0 saturated carbocycles. The van der Waals surface area contributed by atoms with Crippen LogP contribution in [0.15, 0.2) is 41.8 Å². The first-order valence-electron chi connectivity index (χ1n) is 47.7. The van der Waals surface area contributed by atoms with Gasteiger partial charge in [-0.25, -0.2) is 9.82 Å². The zero-order valence-electron chi connectivity index (χ0n) is 87.3. The molecule has 0 aromatic heterocycles. The first-order valence-corrected chi connectivity index (χ1v) is 50.8. The van der Waals surface area contributed by atoms with E-state index in [1.165, 1.54) is 100 Å². The molecule has 12 heterocycles. The van der Waals surface area contributed by atoms with Crippen LogP contribution in [0.5, 0.6) is 0 Å². The molecule has 5 fully saturated rings. The molecule has 12 aliphatic rings. The molecule has 12 aliphatic heterocycles. The smallest absolute Gasteiger partial charge is 0.169 e. The molecule has 5 saturated heterocycles. The highest BCUT2D eigenvalue weighted by Crippen LogP contribution is 2.15. The quantitative estimate of drug-likeness (QED) is 0.143. The minimum absolute atomic E-state index is 0.500. The van der Waals surface area contributed by atoms with E-state index in [-0.39, 0.29) is 0 Å². The van der Waals surface area contributed by atoms with Crippen LogP contribution >= 0.6 is 35.5 Å². The van der Waals surface area contributed by atoms with Crippen molar-refractivity contribution in [2.75, 3.05) is 161 Å². The topological polar surface area (TPSA) is 199 Å². The maximum atomic E-state index is 5.01. The summed E-state index contributed by atoms with van der Waals surface area (Å²) in [6.07, 6.45) is 27.1. The van der Waals surface area contributed by atoms with Crippen molar-refractivity contribution in [2.24, 2.45) is 29.5 Å².